The van der Waals surface area contributed by atoms with Gasteiger partial charge in [-0.1, -0.05) is 25.1 Å². The Balaban J connectivity index is 1.93. The molecule has 0 saturated carbocycles. The summed E-state index contributed by atoms with van der Waals surface area (Å²) in [5, 5.41) is 9.17. The van der Waals surface area contributed by atoms with Gasteiger partial charge in [0.25, 0.3) is 0 Å². The maximum Gasteiger partial charge on any atom is 0.416 e. The lowest BCUT2D eigenvalue weighted by molar-refractivity contribution is -0.144. The minimum atomic E-state index is -4.33. The molecule has 1 fully saturated rings. The summed E-state index contributed by atoms with van der Waals surface area (Å²) in [4.78, 5) is 15.1. The van der Waals surface area contributed by atoms with Crippen LogP contribution in [0.3, 0.4) is 0 Å². The van der Waals surface area contributed by atoms with Gasteiger partial charge in [0.05, 0.1) is 5.56 Å². The van der Waals surface area contributed by atoms with Gasteiger partial charge in [0, 0.05) is 32.7 Å². The highest BCUT2D eigenvalue weighted by atomic mass is 19.4. The van der Waals surface area contributed by atoms with Crippen molar-refractivity contribution < 1.29 is 23.1 Å². The van der Waals surface area contributed by atoms with Gasteiger partial charge in [-0.15, -0.1) is 0 Å². The van der Waals surface area contributed by atoms with E-state index in [0.717, 1.165) is 6.07 Å². The fraction of sp³-hybridized carbons (Fsp3) is 0.562. The van der Waals surface area contributed by atoms with Crippen molar-refractivity contribution >= 4 is 5.97 Å². The Morgan fingerprint density at radius 3 is 2.43 bits per heavy atom. The fourth-order valence-electron chi connectivity index (χ4n) is 2.93. The minimum Gasteiger partial charge on any atom is -0.480 e. The molecule has 0 amide bonds. The van der Waals surface area contributed by atoms with E-state index in [2.05, 4.69) is 4.90 Å². The summed E-state index contributed by atoms with van der Waals surface area (Å²) < 4.78 is 38.2. The molecule has 0 bridgehead atoms. The van der Waals surface area contributed by atoms with E-state index in [1.54, 1.807) is 6.07 Å². The Morgan fingerprint density at radius 1 is 1.26 bits per heavy atom. The second-order valence-corrected chi connectivity index (χ2v) is 5.77. The second kappa shape index (κ2) is 7.31. The van der Waals surface area contributed by atoms with Crippen LogP contribution in [-0.2, 0) is 17.5 Å². The first-order valence-electron chi connectivity index (χ1n) is 7.66. The summed E-state index contributed by atoms with van der Waals surface area (Å²) in [6, 6.07) is 4.88. The highest BCUT2D eigenvalue weighted by Gasteiger charge is 2.31. The average Bonchev–Trinajstić information content (AvgIpc) is 2.49. The van der Waals surface area contributed by atoms with Crippen molar-refractivity contribution in [1.29, 1.82) is 0 Å². The Hall–Kier alpha value is -1.60. The van der Waals surface area contributed by atoms with E-state index in [1.807, 2.05) is 11.8 Å². The first kappa shape index (κ1) is 17.7. The number of hydrogen-bond donors (Lipinski definition) is 1. The maximum atomic E-state index is 12.7. The van der Waals surface area contributed by atoms with Crippen LogP contribution in [0, 0.1) is 0 Å². The van der Waals surface area contributed by atoms with Gasteiger partial charge in [0.1, 0.15) is 6.04 Å². The van der Waals surface area contributed by atoms with Gasteiger partial charge in [-0.05, 0) is 18.1 Å². The van der Waals surface area contributed by atoms with E-state index in [-0.39, 0.29) is 0 Å². The first-order chi connectivity index (χ1) is 10.8. The van der Waals surface area contributed by atoms with Crippen molar-refractivity contribution in [2.24, 2.45) is 0 Å². The number of carboxylic acid groups (broad SMARTS) is 1. The van der Waals surface area contributed by atoms with Crippen molar-refractivity contribution in [3.05, 3.63) is 35.4 Å². The van der Waals surface area contributed by atoms with Crippen LogP contribution in [-0.4, -0.2) is 53.1 Å². The van der Waals surface area contributed by atoms with E-state index in [1.165, 1.54) is 12.1 Å². The van der Waals surface area contributed by atoms with Gasteiger partial charge in [-0.3, -0.25) is 14.6 Å². The molecule has 23 heavy (non-hydrogen) atoms. The summed E-state index contributed by atoms with van der Waals surface area (Å²) >= 11 is 0. The standard InChI is InChI=1S/C16H21F3N2O2/c1-2-14(15(22)23)21-8-6-20(7-9-21)11-12-4-3-5-13(10-12)16(17,18)19/h3-5,10,14H,2,6-9,11H2,1H3,(H,22,23). The zero-order valence-corrected chi connectivity index (χ0v) is 13.0. The second-order valence-electron chi connectivity index (χ2n) is 5.77. The van der Waals surface area contributed by atoms with Crippen LogP contribution < -0.4 is 0 Å². The number of aliphatic carboxylic acids is 1. The number of nitrogens with zero attached hydrogens (tertiary/aromatic N) is 2. The Morgan fingerprint density at radius 2 is 1.91 bits per heavy atom. The molecule has 1 atom stereocenters. The maximum absolute atomic E-state index is 12.7. The van der Waals surface area contributed by atoms with E-state index in [4.69, 9.17) is 0 Å². The molecule has 1 unspecified atom stereocenters. The van der Waals surface area contributed by atoms with Crippen molar-refractivity contribution in [3.63, 3.8) is 0 Å². The number of carboxylic acids is 1. The molecule has 128 valence electrons. The van der Waals surface area contributed by atoms with Crippen molar-refractivity contribution in [3.8, 4) is 0 Å². The lowest BCUT2D eigenvalue weighted by Crippen LogP contribution is -2.52. The molecular formula is C16H21F3N2O2. The molecule has 4 nitrogen and oxygen atoms in total. The minimum absolute atomic E-state index is 0.446. The van der Waals surface area contributed by atoms with E-state index in [9.17, 15) is 23.1 Å². The summed E-state index contributed by atoms with van der Waals surface area (Å²) in [5.74, 6) is -0.821. The van der Waals surface area contributed by atoms with Gasteiger partial charge in [0.15, 0.2) is 0 Å². The lowest BCUT2D eigenvalue weighted by atomic mass is 10.1. The third-order valence-corrected chi connectivity index (χ3v) is 4.18. The topological polar surface area (TPSA) is 43.8 Å². The van der Waals surface area contributed by atoms with Gasteiger partial charge < -0.3 is 5.11 Å². The molecule has 1 saturated heterocycles. The predicted molar refractivity (Wildman–Crippen MR) is 80.0 cm³/mol. The van der Waals surface area contributed by atoms with Gasteiger partial charge >= 0.3 is 12.1 Å². The number of piperazine rings is 1. The van der Waals surface area contributed by atoms with Crippen LogP contribution in [0.2, 0.25) is 0 Å². The Kier molecular flexibility index (Phi) is 5.64. The molecule has 1 aromatic carbocycles. The van der Waals surface area contributed by atoms with Crippen molar-refractivity contribution in [2.75, 3.05) is 26.2 Å². The van der Waals surface area contributed by atoms with Gasteiger partial charge in [-0.2, -0.15) is 13.2 Å². The third kappa shape index (κ3) is 4.68. The molecule has 1 aliphatic heterocycles. The number of hydrogen-bond acceptors (Lipinski definition) is 3. The summed E-state index contributed by atoms with van der Waals surface area (Å²) in [6.07, 6.45) is -3.78. The molecule has 2 rings (SSSR count). The fourth-order valence-corrected chi connectivity index (χ4v) is 2.93. The van der Waals surface area contributed by atoms with Crippen LogP contribution in [0.15, 0.2) is 24.3 Å². The average molecular weight is 330 g/mol. The highest BCUT2D eigenvalue weighted by molar-refractivity contribution is 5.73. The Labute approximate surface area is 133 Å². The monoisotopic (exact) mass is 330 g/mol. The molecule has 0 aliphatic carbocycles. The van der Waals surface area contributed by atoms with Crippen LogP contribution >= 0.6 is 0 Å². The van der Waals surface area contributed by atoms with E-state index >= 15 is 0 Å². The highest BCUT2D eigenvalue weighted by Crippen LogP contribution is 2.29. The number of benzene rings is 1. The predicted octanol–water partition coefficient (Wildman–Crippen LogP) is 2.69. The molecule has 1 aliphatic rings. The van der Waals surface area contributed by atoms with Crippen LogP contribution in [0.5, 0.6) is 0 Å². The quantitative estimate of drug-likeness (QED) is 0.901. The number of carbonyl (C=O) groups is 1. The zero-order chi connectivity index (χ0) is 17.0. The third-order valence-electron chi connectivity index (χ3n) is 4.18. The molecule has 1 N–H and O–H groups in total. The Bertz CT molecular complexity index is 540. The van der Waals surface area contributed by atoms with E-state index in [0.29, 0.717) is 44.7 Å². The smallest absolute Gasteiger partial charge is 0.416 e. The number of rotatable bonds is 5. The number of alkyl halides is 3. The zero-order valence-electron chi connectivity index (χ0n) is 13.0. The van der Waals surface area contributed by atoms with Crippen molar-refractivity contribution in [2.45, 2.75) is 32.1 Å². The van der Waals surface area contributed by atoms with E-state index < -0.39 is 23.8 Å². The van der Waals surface area contributed by atoms with Crippen LogP contribution in [0.1, 0.15) is 24.5 Å². The molecule has 1 heterocycles. The molecular weight excluding hydrogens is 309 g/mol. The molecule has 0 radical (unpaired) electrons. The lowest BCUT2D eigenvalue weighted by Gasteiger charge is -2.37. The summed E-state index contributed by atoms with van der Waals surface area (Å²) in [6.45, 7) is 4.82. The van der Waals surface area contributed by atoms with Gasteiger partial charge in [-0.25, -0.2) is 0 Å². The largest absolute Gasteiger partial charge is 0.480 e. The summed E-state index contributed by atoms with van der Waals surface area (Å²) in [7, 11) is 0. The first-order valence-corrected chi connectivity index (χ1v) is 7.66. The van der Waals surface area contributed by atoms with Crippen LogP contribution in [0.25, 0.3) is 0 Å². The molecule has 7 heteroatoms. The molecule has 0 spiro atoms. The molecule has 1 aromatic rings. The number of halogens is 3. The normalized spacial score (nSPS) is 18.8. The van der Waals surface area contributed by atoms with Crippen LogP contribution in [0.4, 0.5) is 13.2 Å². The van der Waals surface area contributed by atoms with Crippen molar-refractivity contribution in [1.82, 2.24) is 9.80 Å². The molecule has 0 aromatic heterocycles. The SMILES string of the molecule is CCC(C(=O)O)N1CCN(Cc2cccc(C(F)(F)F)c2)CC1. The summed E-state index contributed by atoms with van der Waals surface area (Å²) in [5.41, 5.74) is -0.0101. The van der Waals surface area contributed by atoms with Gasteiger partial charge in [0.2, 0.25) is 0 Å².